The zero-order chi connectivity index (χ0) is 14.8. The first-order valence-electron chi connectivity index (χ1n) is 7.27. The predicted octanol–water partition coefficient (Wildman–Crippen LogP) is 2.53. The molecule has 0 saturated carbocycles. The third kappa shape index (κ3) is 3.38. The van der Waals surface area contributed by atoms with Crippen molar-refractivity contribution in [3.63, 3.8) is 0 Å². The molecule has 1 aromatic carbocycles. The van der Waals surface area contributed by atoms with Crippen LogP contribution in [0.2, 0.25) is 0 Å². The van der Waals surface area contributed by atoms with Crippen LogP contribution in [-0.4, -0.2) is 26.8 Å². The largest absolute Gasteiger partial charge is 0.389 e. The monoisotopic (exact) mass is 275 g/mol. The van der Waals surface area contributed by atoms with E-state index in [0.29, 0.717) is 6.54 Å². The van der Waals surface area contributed by atoms with E-state index in [1.165, 1.54) is 16.6 Å². The van der Waals surface area contributed by atoms with E-state index < -0.39 is 5.60 Å². The van der Waals surface area contributed by atoms with E-state index in [4.69, 9.17) is 5.73 Å². The molecule has 0 aliphatic carbocycles. The van der Waals surface area contributed by atoms with Crippen molar-refractivity contribution in [2.75, 3.05) is 6.54 Å². The van der Waals surface area contributed by atoms with E-state index in [9.17, 15) is 5.11 Å². The second-order valence-electron chi connectivity index (χ2n) is 6.02. The zero-order valence-corrected chi connectivity index (χ0v) is 12.7. The molecule has 2 aromatic rings. The molecule has 1 atom stereocenters. The van der Waals surface area contributed by atoms with Crippen LogP contribution in [0, 0.1) is 13.8 Å². The van der Waals surface area contributed by atoms with Gasteiger partial charge in [-0.1, -0.05) is 0 Å². The molecule has 110 valence electrons. The first-order chi connectivity index (χ1) is 9.43. The average Bonchev–Trinajstić information content (AvgIpc) is 2.78. The third-order valence-electron chi connectivity index (χ3n) is 4.04. The Hall–Kier alpha value is -1.39. The summed E-state index contributed by atoms with van der Waals surface area (Å²) in [5, 5.41) is 9.87. The van der Waals surface area contributed by atoms with E-state index in [0.717, 1.165) is 31.3 Å². The summed E-state index contributed by atoms with van der Waals surface area (Å²) in [7, 11) is 0. The van der Waals surface area contributed by atoms with Crippen molar-refractivity contribution in [3.8, 4) is 0 Å². The second-order valence-corrected chi connectivity index (χ2v) is 6.02. The smallest absolute Gasteiger partial charge is 0.0958 e. The molecule has 0 bridgehead atoms. The van der Waals surface area contributed by atoms with Crippen LogP contribution in [0.4, 0.5) is 0 Å². The number of hydrogen-bond acceptors (Lipinski definition) is 3. The van der Waals surface area contributed by atoms with Gasteiger partial charge in [-0.05, 0) is 63.3 Å². The minimum atomic E-state index is -0.731. The van der Waals surface area contributed by atoms with Gasteiger partial charge in [0.25, 0.3) is 0 Å². The van der Waals surface area contributed by atoms with E-state index in [1.54, 1.807) is 6.92 Å². The molecule has 0 aliphatic rings. The molecule has 0 saturated heterocycles. The highest BCUT2D eigenvalue weighted by atomic mass is 16.3. The van der Waals surface area contributed by atoms with Gasteiger partial charge in [0.2, 0.25) is 0 Å². The van der Waals surface area contributed by atoms with Gasteiger partial charge in [-0.3, -0.25) is 0 Å². The summed E-state index contributed by atoms with van der Waals surface area (Å²) in [4.78, 5) is 4.46. The fourth-order valence-corrected chi connectivity index (χ4v) is 2.38. The summed E-state index contributed by atoms with van der Waals surface area (Å²) in [5.41, 5.74) is 9.62. The van der Waals surface area contributed by atoms with Crippen molar-refractivity contribution in [2.24, 2.45) is 5.73 Å². The van der Waals surface area contributed by atoms with E-state index in [2.05, 4.69) is 35.5 Å². The van der Waals surface area contributed by atoms with Crippen molar-refractivity contribution in [1.82, 2.24) is 9.55 Å². The Morgan fingerprint density at radius 2 is 1.95 bits per heavy atom. The summed E-state index contributed by atoms with van der Waals surface area (Å²) in [6, 6.07) is 4.34. The Bertz CT molecular complexity index is 587. The van der Waals surface area contributed by atoms with Crippen LogP contribution in [0.25, 0.3) is 11.0 Å². The molecule has 4 nitrogen and oxygen atoms in total. The van der Waals surface area contributed by atoms with Gasteiger partial charge >= 0.3 is 0 Å². The van der Waals surface area contributed by atoms with Crippen LogP contribution in [0.15, 0.2) is 18.5 Å². The molecule has 1 unspecified atom stereocenters. The predicted molar refractivity (Wildman–Crippen MR) is 82.7 cm³/mol. The molecule has 3 N–H and O–H groups in total. The molecule has 4 heteroatoms. The lowest BCUT2D eigenvalue weighted by atomic mass is 9.99. The van der Waals surface area contributed by atoms with Gasteiger partial charge in [0, 0.05) is 13.1 Å². The average molecular weight is 275 g/mol. The van der Waals surface area contributed by atoms with Crippen LogP contribution in [-0.2, 0) is 6.54 Å². The Labute approximate surface area is 120 Å². The normalized spacial score (nSPS) is 14.7. The van der Waals surface area contributed by atoms with Gasteiger partial charge in [-0.25, -0.2) is 4.98 Å². The minimum absolute atomic E-state index is 0.319. The Morgan fingerprint density at radius 1 is 1.25 bits per heavy atom. The van der Waals surface area contributed by atoms with Crippen molar-refractivity contribution in [2.45, 2.75) is 52.2 Å². The summed E-state index contributed by atoms with van der Waals surface area (Å²) >= 11 is 0. The lowest BCUT2D eigenvalue weighted by Crippen LogP contribution is -2.33. The number of fused-ring (bicyclic) bond motifs is 1. The van der Waals surface area contributed by atoms with Crippen molar-refractivity contribution in [1.29, 1.82) is 0 Å². The number of nitrogens with two attached hydrogens (primary N) is 1. The van der Waals surface area contributed by atoms with Gasteiger partial charge in [0.15, 0.2) is 0 Å². The summed E-state index contributed by atoms with van der Waals surface area (Å²) in [5.74, 6) is 0. The third-order valence-corrected chi connectivity index (χ3v) is 4.04. The zero-order valence-electron chi connectivity index (χ0n) is 12.7. The molecule has 1 aromatic heterocycles. The van der Waals surface area contributed by atoms with Crippen LogP contribution in [0.3, 0.4) is 0 Å². The van der Waals surface area contributed by atoms with Crippen molar-refractivity contribution < 1.29 is 5.11 Å². The van der Waals surface area contributed by atoms with Gasteiger partial charge in [-0.2, -0.15) is 0 Å². The summed E-state index contributed by atoms with van der Waals surface area (Å²) in [6.07, 6.45) is 4.64. The first kappa shape index (κ1) is 15.0. The molecule has 0 amide bonds. The van der Waals surface area contributed by atoms with Crippen molar-refractivity contribution >= 4 is 11.0 Å². The van der Waals surface area contributed by atoms with Crippen LogP contribution in [0.5, 0.6) is 0 Å². The Kier molecular flexibility index (Phi) is 4.45. The Morgan fingerprint density at radius 3 is 2.65 bits per heavy atom. The highest BCUT2D eigenvalue weighted by molar-refractivity contribution is 5.77. The molecule has 2 rings (SSSR count). The number of nitrogens with zero attached hydrogens (tertiary/aromatic N) is 2. The lowest BCUT2D eigenvalue weighted by Gasteiger charge is -2.20. The Balaban J connectivity index is 1.99. The molecule has 0 radical (unpaired) electrons. The number of aryl methyl sites for hydroxylation is 3. The second kappa shape index (κ2) is 5.94. The van der Waals surface area contributed by atoms with E-state index in [1.807, 2.05) is 6.33 Å². The quantitative estimate of drug-likeness (QED) is 0.796. The highest BCUT2D eigenvalue weighted by Gasteiger charge is 2.16. The van der Waals surface area contributed by atoms with Crippen LogP contribution < -0.4 is 5.73 Å². The highest BCUT2D eigenvalue weighted by Crippen LogP contribution is 2.19. The molecule has 0 aliphatic heterocycles. The lowest BCUT2D eigenvalue weighted by molar-refractivity contribution is 0.0570. The number of unbranched alkanes of at least 4 members (excludes halogenated alkanes) is 1. The maximum Gasteiger partial charge on any atom is 0.0958 e. The number of rotatable bonds is 6. The first-order valence-corrected chi connectivity index (χ1v) is 7.27. The molecule has 0 fully saturated rings. The van der Waals surface area contributed by atoms with E-state index in [-0.39, 0.29) is 0 Å². The van der Waals surface area contributed by atoms with Crippen LogP contribution in [0.1, 0.15) is 37.3 Å². The van der Waals surface area contributed by atoms with Gasteiger partial charge < -0.3 is 15.4 Å². The standard InChI is InChI=1S/C16H25N3O/c1-12-8-14-15(9-13(12)2)19(11-18-14)7-5-4-6-16(3,20)10-17/h8-9,11,20H,4-7,10,17H2,1-3H3. The number of hydrogen-bond donors (Lipinski definition) is 2. The summed E-state index contributed by atoms with van der Waals surface area (Å²) in [6.45, 7) is 7.29. The molecule has 1 heterocycles. The summed E-state index contributed by atoms with van der Waals surface area (Å²) < 4.78 is 2.19. The van der Waals surface area contributed by atoms with Gasteiger partial charge in [0.05, 0.1) is 23.0 Å². The SMILES string of the molecule is Cc1cc2ncn(CCCCC(C)(O)CN)c2cc1C. The fourth-order valence-electron chi connectivity index (χ4n) is 2.38. The molecule has 20 heavy (non-hydrogen) atoms. The topological polar surface area (TPSA) is 64.1 Å². The molecule has 0 spiro atoms. The number of benzene rings is 1. The number of aromatic nitrogens is 2. The number of imidazole rings is 1. The van der Waals surface area contributed by atoms with E-state index >= 15 is 0 Å². The molecular weight excluding hydrogens is 250 g/mol. The van der Waals surface area contributed by atoms with Crippen molar-refractivity contribution in [3.05, 3.63) is 29.6 Å². The minimum Gasteiger partial charge on any atom is -0.389 e. The van der Waals surface area contributed by atoms with Crippen LogP contribution >= 0.6 is 0 Å². The maximum atomic E-state index is 9.87. The maximum absolute atomic E-state index is 9.87. The number of aliphatic hydroxyl groups is 1. The van der Waals surface area contributed by atoms with Gasteiger partial charge in [-0.15, -0.1) is 0 Å². The fraction of sp³-hybridized carbons (Fsp3) is 0.562. The van der Waals surface area contributed by atoms with Gasteiger partial charge in [0.1, 0.15) is 0 Å². The molecular formula is C16H25N3O.